The van der Waals surface area contributed by atoms with Crippen molar-refractivity contribution in [3.05, 3.63) is 30.1 Å². The smallest absolute Gasteiger partial charge is 0.227 e. The molecule has 0 aliphatic carbocycles. The van der Waals surface area contributed by atoms with Crippen LogP contribution in [0, 0.1) is 5.41 Å². The molecule has 1 aromatic heterocycles. The highest BCUT2D eigenvalue weighted by Crippen LogP contribution is 2.36. The summed E-state index contributed by atoms with van der Waals surface area (Å²) in [7, 11) is 0. The number of nitrogens with one attached hydrogen (secondary N) is 1. The van der Waals surface area contributed by atoms with Crippen LogP contribution in [0.3, 0.4) is 0 Å². The van der Waals surface area contributed by atoms with Gasteiger partial charge in [-0.25, -0.2) is 0 Å². The molecule has 2 saturated heterocycles. The fourth-order valence-electron chi connectivity index (χ4n) is 3.24. The molecule has 0 unspecified atom stereocenters. The molecule has 0 bridgehead atoms. The SMILES string of the molecule is Cl.O=C(Cc1cccnc1)N1CCC2(CCNC2)CC1. The van der Waals surface area contributed by atoms with Gasteiger partial charge in [-0.2, -0.15) is 0 Å². The summed E-state index contributed by atoms with van der Waals surface area (Å²) in [5.74, 6) is 0.244. The molecule has 3 rings (SSSR count). The van der Waals surface area contributed by atoms with Crippen LogP contribution in [0.5, 0.6) is 0 Å². The minimum atomic E-state index is 0. The molecule has 2 fully saturated rings. The van der Waals surface area contributed by atoms with Gasteiger partial charge < -0.3 is 10.2 Å². The molecule has 110 valence electrons. The Kier molecular flexibility index (Phi) is 5.00. The standard InChI is InChI=1S/C15H21N3O.ClH/c19-14(10-13-2-1-6-16-11-13)18-8-4-15(5-9-18)3-7-17-12-15;/h1-2,6,11,17H,3-5,7-10,12H2;1H. The van der Waals surface area contributed by atoms with Gasteiger partial charge in [-0.15, -0.1) is 12.4 Å². The third-order valence-electron chi connectivity index (χ3n) is 4.59. The van der Waals surface area contributed by atoms with E-state index >= 15 is 0 Å². The Morgan fingerprint density at radius 2 is 2.15 bits per heavy atom. The molecule has 2 aliphatic heterocycles. The van der Waals surface area contributed by atoms with Gasteiger partial charge in [0.15, 0.2) is 0 Å². The molecule has 0 radical (unpaired) electrons. The molecule has 0 atom stereocenters. The fourth-order valence-corrected chi connectivity index (χ4v) is 3.24. The van der Waals surface area contributed by atoms with Gasteiger partial charge in [-0.3, -0.25) is 9.78 Å². The number of piperidine rings is 1. The minimum absolute atomic E-state index is 0. The van der Waals surface area contributed by atoms with Gasteiger partial charge in [-0.1, -0.05) is 6.07 Å². The number of likely N-dealkylation sites (tertiary alicyclic amines) is 1. The van der Waals surface area contributed by atoms with Crippen LogP contribution in [-0.4, -0.2) is 42.0 Å². The Labute approximate surface area is 126 Å². The van der Waals surface area contributed by atoms with E-state index in [9.17, 15) is 4.79 Å². The highest BCUT2D eigenvalue weighted by molar-refractivity contribution is 5.85. The monoisotopic (exact) mass is 295 g/mol. The van der Waals surface area contributed by atoms with Crippen molar-refractivity contribution in [3.8, 4) is 0 Å². The topological polar surface area (TPSA) is 45.2 Å². The molecule has 0 saturated carbocycles. The molecule has 1 amide bonds. The van der Waals surface area contributed by atoms with Crippen LogP contribution in [0.25, 0.3) is 0 Å². The van der Waals surface area contributed by atoms with Crippen LogP contribution in [0.2, 0.25) is 0 Å². The number of amides is 1. The van der Waals surface area contributed by atoms with E-state index in [2.05, 4.69) is 10.3 Å². The first-order chi connectivity index (χ1) is 9.27. The third kappa shape index (κ3) is 3.30. The molecule has 1 spiro atoms. The van der Waals surface area contributed by atoms with Gasteiger partial charge in [0.25, 0.3) is 0 Å². The number of nitrogens with zero attached hydrogens (tertiary/aromatic N) is 2. The van der Waals surface area contributed by atoms with Crippen molar-refractivity contribution < 1.29 is 4.79 Å². The zero-order chi connectivity index (χ0) is 13.1. The summed E-state index contributed by atoms with van der Waals surface area (Å²) in [6.07, 6.45) is 7.59. The van der Waals surface area contributed by atoms with Crippen molar-refractivity contribution >= 4 is 18.3 Å². The van der Waals surface area contributed by atoms with Crippen LogP contribution < -0.4 is 5.32 Å². The average Bonchev–Trinajstić information content (AvgIpc) is 2.89. The summed E-state index contributed by atoms with van der Waals surface area (Å²) in [6, 6.07) is 3.86. The van der Waals surface area contributed by atoms with Crippen LogP contribution in [-0.2, 0) is 11.2 Å². The summed E-state index contributed by atoms with van der Waals surface area (Å²) in [5, 5.41) is 3.45. The largest absolute Gasteiger partial charge is 0.342 e. The third-order valence-corrected chi connectivity index (χ3v) is 4.59. The van der Waals surface area contributed by atoms with E-state index < -0.39 is 0 Å². The second-order valence-electron chi connectivity index (χ2n) is 5.85. The Morgan fingerprint density at radius 1 is 1.35 bits per heavy atom. The van der Waals surface area contributed by atoms with E-state index in [-0.39, 0.29) is 18.3 Å². The first kappa shape index (κ1) is 15.3. The van der Waals surface area contributed by atoms with E-state index in [1.807, 2.05) is 17.0 Å². The van der Waals surface area contributed by atoms with Crippen LogP contribution >= 0.6 is 12.4 Å². The Balaban J connectivity index is 0.00000147. The van der Waals surface area contributed by atoms with Crippen molar-refractivity contribution in [3.63, 3.8) is 0 Å². The van der Waals surface area contributed by atoms with E-state index in [0.29, 0.717) is 11.8 Å². The Hall–Kier alpha value is -1.13. The molecule has 2 aliphatic rings. The van der Waals surface area contributed by atoms with Gasteiger partial charge in [0.1, 0.15) is 0 Å². The maximum absolute atomic E-state index is 12.3. The van der Waals surface area contributed by atoms with Crippen molar-refractivity contribution in [1.29, 1.82) is 0 Å². The number of carbonyl (C=O) groups excluding carboxylic acids is 1. The van der Waals surface area contributed by atoms with Gasteiger partial charge in [0, 0.05) is 32.0 Å². The maximum atomic E-state index is 12.3. The molecule has 1 aromatic rings. The van der Waals surface area contributed by atoms with E-state index in [0.717, 1.165) is 44.6 Å². The lowest BCUT2D eigenvalue weighted by Crippen LogP contribution is -2.44. The summed E-state index contributed by atoms with van der Waals surface area (Å²) in [5.41, 5.74) is 1.49. The lowest BCUT2D eigenvalue weighted by atomic mass is 9.78. The molecule has 5 heteroatoms. The summed E-state index contributed by atoms with van der Waals surface area (Å²) < 4.78 is 0. The molecular formula is C15H22ClN3O. The van der Waals surface area contributed by atoms with Crippen LogP contribution in [0.4, 0.5) is 0 Å². The zero-order valence-electron chi connectivity index (χ0n) is 11.7. The van der Waals surface area contributed by atoms with Crippen LogP contribution in [0.1, 0.15) is 24.8 Å². The van der Waals surface area contributed by atoms with Gasteiger partial charge >= 0.3 is 0 Å². The molecule has 3 heterocycles. The zero-order valence-corrected chi connectivity index (χ0v) is 12.5. The normalized spacial score (nSPS) is 20.7. The quantitative estimate of drug-likeness (QED) is 0.902. The summed E-state index contributed by atoms with van der Waals surface area (Å²) in [6.45, 7) is 4.11. The average molecular weight is 296 g/mol. The minimum Gasteiger partial charge on any atom is -0.342 e. The van der Waals surface area contributed by atoms with Gasteiger partial charge in [-0.05, 0) is 42.9 Å². The molecular weight excluding hydrogens is 274 g/mol. The van der Waals surface area contributed by atoms with Crippen molar-refractivity contribution in [2.24, 2.45) is 5.41 Å². The lowest BCUT2D eigenvalue weighted by Gasteiger charge is -2.39. The Bertz CT molecular complexity index is 436. The van der Waals surface area contributed by atoms with Crippen LogP contribution in [0.15, 0.2) is 24.5 Å². The van der Waals surface area contributed by atoms with Crippen molar-refractivity contribution in [1.82, 2.24) is 15.2 Å². The predicted molar refractivity (Wildman–Crippen MR) is 80.9 cm³/mol. The molecule has 0 aromatic carbocycles. The number of aromatic nitrogens is 1. The number of carbonyl (C=O) groups is 1. The van der Waals surface area contributed by atoms with Crippen molar-refractivity contribution in [2.75, 3.05) is 26.2 Å². The highest BCUT2D eigenvalue weighted by Gasteiger charge is 2.37. The highest BCUT2D eigenvalue weighted by atomic mass is 35.5. The first-order valence-electron chi connectivity index (χ1n) is 7.15. The maximum Gasteiger partial charge on any atom is 0.227 e. The predicted octanol–water partition coefficient (Wildman–Crippen LogP) is 1.65. The van der Waals surface area contributed by atoms with Crippen molar-refractivity contribution in [2.45, 2.75) is 25.7 Å². The Morgan fingerprint density at radius 3 is 2.75 bits per heavy atom. The molecule has 1 N–H and O–H groups in total. The number of halogens is 1. The second-order valence-corrected chi connectivity index (χ2v) is 5.85. The number of hydrogen-bond acceptors (Lipinski definition) is 3. The second kappa shape index (κ2) is 6.55. The van der Waals surface area contributed by atoms with Gasteiger partial charge in [0.05, 0.1) is 6.42 Å². The molecule has 20 heavy (non-hydrogen) atoms. The number of hydrogen-bond donors (Lipinski definition) is 1. The number of rotatable bonds is 2. The molecule has 4 nitrogen and oxygen atoms in total. The van der Waals surface area contributed by atoms with E-state index in [1.54, 1.807) is 12.4 Å². The van der Waals surface area contributed by atoms with E-state index in [1.165, 1.54) is 6.42 Å². The summed E-state index contributed by atoms with van der Waals surface area (Å²) in [4.78, 5) is 18.3. The number of pyridine rings is 1. The lowest BCUT2D eigenvalue weighted by molar-refractivity contribution is -0.132. The first-order valence-corrected chi connectivity index (χ1v) is 7.15. The summed E-state index contributed by atoms with van der Waals surface area (Å²) >= 11 is 0. The fraction of sp³-hybridized carbons (Fsp3) is 0.600. The van der Waals surface area contributed by atoms with E-state index in [4.69, 9.17) is 0 Å². The van der Waals surface area contributed by atoms with Gasteiger partial charge in [0.2, 0.25) is 5.91 Å².